The molecule has 0 N–H and O–H groups in total. The maximum absolute atomic E-state index is 3.68. The van der Waals surface area contributed by atoms with Gasteiger partial charge >= 0.3 is 0 Å². The van der Waals surface area contributed by atoms with Crippen LogP contribution in [0.2, 0.25) is 0 Å². The highest BCUT2D eigenvalue weighted by molar-refractivity contribution is 5.31. The van der Waals surface area contributed by atoms with Gasteiger partial charge < -0.3 is 0 Å². The summed E-state index contributed by atoms with van der Waals surface area (Å²) in [5.41, 5.74) is 2.91. The van der Waals surface area contributed by atoms with Crippen LogP contribution in [0.1, 0.15) is 32.6 Å². The van der Waals surface area contributed by atoms with Gasteiger partial charge in [-0.3, -0.25) is 0 Å². The van der Waals surface area contributed by atoms with Crippen LogP contribution in [0.15, 0.2) is 72.4 Å². The van der Waals surface area contributed by atoms with Crippen LogP contribution >= 0.6 is 0 Å². The van der Waals surface area contributed by atoms with Crippen LogP contribution < -0.4 is 0 Å². The molecule has 0 aliphatic heterocycles. The average Bonchev–Trinajstić information content (AvgIpc) is 2.37. The summed E-state index contributed by atoms with van der Waals surface area (Å²) in [4.78, 5) is 0. The molecule has 0 heterocycles. The fourth-order valence-electron chi connectivity index (χ4n) is 1.79. The van der Waals surface area contributed by atoms with Gasteiger partial charge in [-0.05, 0) is 24.8 Å². The molecule has 0 fully saturated rings. The minimum atomic E-state index is 1.06. The molecule has 90 valence electrons. The standard InChI is InChI=1S/C17H22/c1-3-5-7-11-16(10-4-2)14-15-17-12-8-6-9-13-17/h3,5-9,11-12,15H,1,4,10,13-14H2,2H3/b7-5-,16-11-,17-15-. The van der Waals surface area contributed by atoms with E-state index in [2.05, 4.69) is 56.0 Å². The van der Waals surface area contributed by atoms with E-state index < -0.39 is 0 Å². The van der Waals surface area contributed by atoms with Crippen molar-refractivity contribution in [2.75, 3.05) is 0 Å². The van der Waals surface area contributed by atoms with Gasteiger partial charge in [0.05, 0.1) is 0 Å². The maximum Gasteiger partial charge on any atom is -0.00974 e. The third-order valence-corrected chi connectivity index (χ3v) is 2.69. The highest BCUT2D eigenvalue weighted by Gasteiger charge is 1.96. The van der Waals surface area contributed by atoms with Crippen molar-refractivity contribution in [1.82, 2.24) is 0 Å². The molecule has 1 aliphatic rings. The van der Waals surface area contributed by atoms with Crippen LogP contribution in [0.4, 0.5) is 0 Å². The smallest absolute Gasteiger partial charge is 0.00974 e. The summed E-state index contributed by atoms with van der Waals surface area (Å²) in [6, 6.07) is 0. The predicted octanol–water partition coefficient (Wildman–Crippen LogP) is 5.29. The van der Waals surface area contributed by atoms with Crippen LogP contribution in [0.3, 0.4) is 0 Å². The number of allylic oxidation sites excluding steroid dienone is 11. The number of hydrogen-bond acceptors (Lipinski definition) is 0. The molecular formula is C17H22. The van der Waals surface area contributed by atoms with Crippen molar-refractivity contribution in [2.45, 2.75) is 32.6 Å². The zero-order valence-electron chi connectivity index (χ0n) is 10.7. The van der Waals surface area contributed by atoms with E-state index in [1.54, 1.807) is 0 Å². The second-order valence-electron chi connectivity index (χ2n) is 4.17. The summed E-state index contributed by atoms with van der Waals surface area (Å²) in [5, 5.41) is 0. The number of rotatable bonds is 6. The quantitative estimate of drug-likeness (QED) is 0.540. The Morgan fingerprint density at radius 1 is 1.35 bits per heavy atom. The Balaban J connectivity index is 2.57. The monoisotopic (exact) mass is 226 g/mol. The number of hydrogen-bond donors (Lipinski definition) is 0. The van der Waals surface area contributed by atoms with Crippen LogP contribution in [0, 0.1) is 0 Å². The first-order chi connectivity index (χ1) is 8.36. The Bertz CT molecular complexity index is 373. The molecule has 0 unspecified atom stereocenters. The lowest BCUT2D eigenvalue weighted by atomic mass is 10.0. The largest absolute Gasteiger partial charge is 0.0991 e. The minimum absolute atomic E-state index is 1.06. The summed E-state index contributed by atoms with van der Waals surface area (Å²) < 4.78 is 0. The Morgan fingerprint density at radius 2 is 2.24 bits per heavy atom. The summed E-state index contributed by atoms with van der Waals surface area (Å²) in [7, 11) is 0. The molecule has 0 spiro atoms. The van der Waals surface area contributed by atoms with Crippen molar-refractivity contribution >= 4 is 0 Å². The minimum Gasteiger partial charge on any atom is -0.0991 e. The molecule has 0 atom stereocenters. The van der Waals surface area contributed by atoms with Gasteiger partial charge in [0.2, 0.25) is 0 Å². The summed E-state index contributed by atoms with van der Waals surface area (Å²) >= 11 is 0. The first kappa shape index (κ1) is 13.5. The van der Waals surface area contributed by atoms with Crippen LogP contribution in [-0.4, -0.2) is 0 Å². The van der Waals surface area contributed by atoms with E-state index >= 15 is 0 Å². The van der Waals surface area contributed by atoms with E-state index in [1.165, 1.54) is 24.0 Å². The lowest BCUT2D eigenvalue weighted by Crippen LogP contribution is -1.85. The normalized spacial score (nSPS) is 18.2. The van der Waals surface area contributed by atoms with Crippen LogP contribution in [0.25, 0.3) is 0 Å². The molecule has 1 rings (SSSR count). The predicted molar refractivity (Wildman–Crippen MR) is 77.9 cm³/mol. The fourth-order valence-corrected chi connectivity index (χ4v) is 1.79. The molecule has 0 saturated carbocycles. The average molecular weight is 226 g/mol. The van der Waals surface area contributed by atoms with E-state index in [0.717, 1.165) is 12.8 Å². The lowest BCUT2D eigenvalue weighted by molar-refractivity contribution is 0.878. The molecule has 0 radical (unpaired) electrons. The highest BCUT2D eigenvalue weighted by atomic mass is 14.0. The van der Waals surface area contributed by atoms with Gasteiger partial charge in [0.1, 0.15) is 0 Å². The fraction of sp³-hybridized carbons (Fsp3) is 0.294. The zero-order valence-corrected chi connectivity index (χ0v) is 10.7. The molecule has 0 bridgehead atoms. The zero-order chi connectivity index (χ0) is 12.3. The molecule has 0 nitrogen and oxygen atoms in total. The van der Waals surface area contributed by atoms with Gasteiger partial charge in [0, 0.05) is 0 Å². The van der Waals surface area contributed by atoms with Gasteiger partial charge in [0.25, 0.3) is 0 Å². The molecule has 0 aromatic rings. The second kappa shape index (κ2) is 8.58. The molecule has 17 heavy (non-hydrogen) atoms. The molecule has 0 aromatic heterocycles. The van der Waals surface area contributed by atoms with Gasteiger partial charge in [0.15, 0.2) is 0 Å². The highest BCUT2D eigenvalue weighted by Crippen LogP contribution is 2.16. The third-order valence-electron chi connectivity index (χ3n) is 2.69. The topological polar surface area (TPSA) is 0 Å². The van der Waals surface area contributed by atoms with E-state index in [-0.39, 0.29) is 0 Å². The van der Waals surface area contributed by atoms with Crippen LogP contribution in [0.5, 0.6) is 0 Å². The molecular weight excluding hydrogens is 204 g/mol. The molecule has 1 aliphatic carbocycles. The summed E-state index contributed by atoms with van der Waals surface area (Å²) in [6.07, 6.45) is 23.5. The Hall–Kier alpha value is -1.56. The first-order valence-corrected chi connectivity index (χ1v) is 6.36. The lowest BCUT2D eigenvalue weighted by Gasteiger charge is -2.05. The van der Waals surface area contributed by atoms with Crippen molar-refractivity contribution < 1.29 is 0 Å². The van der Waals surface area contributed by atoms with E-state index in [0.29, 0.717) is 0 Å². The second-order valence-corrected chi connectivity index (χ2v) is 4.17. The molecule has 0 saturated heterocycles. The van der Waals surface area contributed by atoms with E-state index in [1.807, 2.05) is 12.2 Å². The Kier molecular flexibility index (Phi) is 6.81. The SMILES string of the molecule is C=C/C=C\C=C(/C/C=C1/C=CC=CC1)CCC. The van der Waals surface area contributed by atoms with Crippen molar-refractivity contribution in [3.8, 4) is 0 Å². The Morgan fingerprint density at radius 3 is 2.88 bits per heavy atom. The van der Waals surface area contributed by atoms with E-state index in [9.17, 15) is 0 Å². The Labute approximate surface area is 105 Å². The van der Waals surface area contributed by atoms with Crippen LogP contribution in [-0.2, 0) is 0 Å². The third kappa shape index (κ3) is 5.91. The van der Waals surface area contributed by atoms with Gasteiger partial charge in [-0.25, -0.2) is 0 Å². The van der Waals surface area contributed by atoms with Crippen molar-refractivity contribution in [3.63, 3.8) is 0 Å². The van der Waals surface area contributed by atoms with E-state index in [4.69, 9.17) is 0 Å². The summed E-state index contributed by atoms with van der Waals surface area (Å²) in [5.74, 6) is 0. The van der Waals surface area contributed by atoms with Gasteiger partial charge in [-0.2, -0.15) is 0 Å². The maximum atomic E-state index is 3.68. The first-order valence-electron chi connectivity index (χ1n) is 6.36. The molecule has 0 amide bonds. The molecule has 0 heteroatoms. The van der Waals surface area contributed by atoms with Crippen molar-refractivity contribution in [3.05, 3.63) is 72.4 Å². The van der Waals surface area contributed by atoms with Gasteiger partial charge in [-0.15, -0.1) is 0 Å². The van der Waals surface area contributed by atoms with Gasteiger partial charge in [-0.1, -0.05) is 80.2 Å². The summed E-state index contributed by atoms with van der Waals surface area (Å²) in [6.45, 7) is 5.90. The van der Waals surface area contributed by atoms with Crippen molar-refractivity contribution in [1.29, 1.82) is 0 Å². The molecule has 0 aromatic carbocycles. The van der Waals surface area contributed by atoms with Crippen molar-refractivity contribution in [2.24, 2.45) is 0 Å².